The van der Waals surface area contributed by atoms with Crippen LogP contribution in [0.25, 0.3) is 0 Å². The second-order valence-electron chi connectivity index (χ2n) is 1.10. The minimum atomic E-state index is 0.336. The molecule has 2 N–H and O–H groups in total. The van der Waals surface area contributed by atoms with Crippen LogP contribution >= 0.6 is 22.6 Å². The average molecular weight is 209 g/mol. The predicted molar refractivity (Wildman–Crippen MR) is 40.3 cm³/mol. The first-order chi connectivity index (χ1) is 3.31. The molecule has 0 bridgehead atoms. The van der Waals surface area contributed by atoms with Crippen LogP contribution in [-0.4, -0.2) is 10.5 Å². The Balaban J connectivity index is 3.29. The van der Waals surface area contributed by atoms with Gasteiger partial charge in [0.2, 0.25) is 0 Å². The number of rotatable bonds is 1. The number of alkyl halides is 1. The molecule has 7 heavy (non-hydrogen) atoms. The molecule has 1 nitrogen and oxygen atoms in total. The van der Waals surface area contributed by atoms with E-state index < -0.39 is 0 Å². The fourth-order valence-corrected chi connectivity index (χ4v) is 0.527. The van der Waals surface area contributed by atoms with Crippen LogP contribution in [-0.2, 0) is 0 Å². The van der Waals surface area contributed by atoms with Crippen LogP contribution in [0.4, 0.5) is 0 Å². The van der Waals surface area contributed by atoms with Crippen LogP contribution in [0.3, 0.4) is 0 Å². The molecule has 0 saturated heterocycles. The normalized spacial score (nSPS) is 11.9. The lowest BCUT2D eigenvalue weighted by Crippen LogP contribution is -2.10. The SMILES string of the molecule is CC#CC(I)CN. The molecule has 40 valence electrons. The maximum atomic E-state index is 5.25. The van der Waals surface area contributed by atoms with E-state index >= 15 is 0 Å². The van der Waals surface area contributed by atoms with Crippen LogP contribution in [0.15, 0.2) is 0 Å². The summed E-state index contributed by atoms with van der Waals surface area (Å²) in [5.41, 5.74) is 5.25. The van der Waals surface area contributed by atoms with Gasteiger partial charge in [-0.05, 0) is 6.92 Å². The Hall–Kier alpha value is 0.250. The summed E-state index contributed by atoms with van der Waals surface area (Å²) in [5, 5.41) is 0. The van der Waals surface area contributed by atoms with E-state index in [0.717, 1.165) is 0 Å². The molecular formula is C5H8IN. The molecule has 0 spiro atoms. The molecule has 0 amide bonds. The minimum Gasteiger partial charge on any atom is -0.328 e. The predicted octanol–water partition coefficient (Wildman–Crippen LogP) is 0.772. The summed E-state index contributed by atoms with van der Waals surface area (Å²) < 4.78 is 0.336. The van der Waals surface area contributed by atoms with E-state index in [9.17, 15) is 0 Å². The highest BCUT2D eigenvalue weighted by atomic mass is 127. The van der Waals surface area contributed by atoms with E-state index in [1.165, 1.54) is 0 Å². The van der Waals surface area contributed by atoms with Gasteiger partial charge in [0.05, 0.1) is 3.92 Å². The summed E-state index contributed by atoms with van der Waals surface area (Å²) in [7, 11) is 0. The smallest absolute Gasteiger partial charge is 0.0840 e. The molecule has 0 aromatic rings. The highest BCUT2D eigenvalue weighted by Gasteiger charge is 1.88. The second-order valence-corrected chi connectivity index (χ2v) is 2.60. The molecule has 0 heterocycles. The van der Waals surface area contributed by atoms with E-state index in [1.807, 2.05) is 6.92 Å². The molecule has 0 fully saturated rings. The summed E-state index contributed by atoms with van der Waals surface area (Å²) >= 11 is 2.21. The number of hydrogen-bond donors (Lipinski definition) is 1. The molecule has 0 aliphatic carbocycles. The Kier molecular flexibility index (Phi) is 4.57. The molecule has 1 unspecified atom stereocenters. The van der Waals surface area contributed by atoms with Gasteiger partial charge in [-0.3, -0.25) is 0 Å². The molecule has 0 aliphatic heterocycles. The minimum absolute atomic E-state index is 0.336. The van der Waals surface area contributed by atoms with E-state index in [1.54, 1.807) is 0 Å². The maximum absolute atomic E-state index is 5.25. The Morgan fingerprint density at radius 2 is 2.43 bits per heavy atom. The lowest BCUT2D eigenvalue weighted by Gasteiger charge is -1.89. The largest absolute Gasteiger partial charge is 0.328 e. The third-order valence-corrected chi connectivity index (χ3v) is 1.33. The summed E-state index contributed by atoms with van der Waals surface area (Å²) in [4.78, 5) is 0. The third kappa shape index (κ3) is 4.10. The van der Waals surface area contributed by atoms with Gasteiger partial charge >= 0.3 is 0 Å². The first kappa shape index (κ1) is 7.25. The van der Waals surface area contributed by atoms with E-state index in [-0.39, 0.29) is 0 Å². The molecule has 0 aliphatic rings. The van der Waals surface area contributed by atoms with Crippen LogP contribution in [0.1, 0.15) is 6.92 Å². The zero-order valence-electron chi connectivity index (χ0n) is 4.24. The van der Waals surface area contributed by atoms with Gasteiger partial charge in [-0.2, -0.15) is 0 Å². The molecule has 1 atom stereocenters. The summed E-state index contributed by atoms with van der Waals surface area (Å²) in [6.07, 6.45) is 0. The van der Waals surface area contributed by atoms with Crippen LogP contribution in [0, 0.1) is 11.8 Å². The van der Waals surface area contributed by atoms with E-state index in [0.29, 0.717) is 10.5 Å². The Labute approximate surface area is 57.8 Å². The van der Waals surface area contributed by atoms with Crippen molar-refractivity contribution in [2.24, 2.45) is 5.73 Å². The van der Waals surface area contributed by atoms with Gasteiger partial charge in [-0.15, -0.1) is 5.92 Å². The molecule has 0 aromatic carbocycles. The summed E-state index contributed by atoms with van der Waals surface area (Å²) in [6.45, 7) is 2.47. The van der Waals surface area contributed by atoms with Crippen molar-refractivity contribution in [2.45, 2.75) is 10.8 Å². The summed E-state index contributed by atoms with van der Waals surface area (Å²) in [5.74, 6) is 5.69. The average Bonchev–Trinajstić information content (AvgIpc) is 1.68. The van der Waals surface area contributed by atoms with E-state index in [4.69, 9.17) is 5.73 Å². The highest BCUT2D eigenvalue weighted by molar-refractivity contribution is 14.1. The first-order valence-electron chi connectivity index (χ1n) is 2.07. The fraction of sp³-hybridized carbons (Fsp3) is 0.600. The van der Waals surface area contributed by atoms with Gasteiger partial charge in [-0.25, -0.2) is 0 Å². The Morgan fingerprint density at radius 1 is 1.86 bits per heavy atom. The van der Waals surface area contributed by atoms with Crippen LogP contribution < -0.4 is 5.73 Å². The van der Waals surface area contributed by atoms with Crippen molar-refractivity contribution < 1.29 is 0 Å². The highest BCUT2D eigenvalue weighted by Crippen LogP contribution is 1.92. The van der Waals surface area contributed by atoms with Gasteiger partial charge in [0.15, 0.2) is 0 Å². The van der Waals surface area contributed by atoms with Gasteiger partial charge in [0.1, 0.15) is 0 Å². The zero-order valence-corrected chi connectivity index (χ0v) is 6.40. The molecule has 0 radical (unpaired) electrons. The monoisotopic (exact) mass is 209 g/mol. The van der Waals surface area contributed by atoms with E-state index in [2.05, 4.69) is 34.4 Å². The number of hydrogen-bond acceptors (Lipinski definition) is 1. The van der Waals surface area contributed by atoms with Crippen LogP contribution in [0.5, 0.6) is 0 Å². The molecule has 2 heteroatoms. The maximum Gasteiger partial charge on any atom is 0.0840 e. The number of nitrogens with two attached hydrogens (primary N) is 1. The van der Waals surface area contributed by atoms with Crippen molar-refractivity contribution in [2.75, 3.05) is 6.54 Å². The third-order valence-electron chi connectivity index (χ3n) is 0.508. The van der Waals surface area contributed by atoms with Crippen molar-refractivity contribution in [3.8, 4) is 11.8 Å². The Morgan fingerprint density at radius 3 is 2.57 bits per heavy atom. The van der Waals surface area contributed by atoms with Crippen molar-refractivity contribution in [3.63, 3.8) is 0 Å². The first-order valence-corrected chi connectivity index (χ1v) is 3.32. The van der Waals surface area contributed by atoms with Gasteiger partial charge in [0, 0.05) is 6.54 Å². The quantitative estimate of drug-likeness (QED) is 0.385. The van der Waals surface area contributed by atoms with Crippen molar-refractivity contribution in [3.05, 3.63) is 0 Å². The van der Waals surface area contributed by atoms with Crippen molar-refractivity contribution in [1.82, 2.24) is 0 Å². The fourth-order valence-electron chi connectivity index (χ4n) is 0.216. The second kappa shape index (κ2) is 4.41. The molecule has 0 saturated carbocycles. The molecule has 0 rings (SSSR count). The lowest BCUT2D eigenvalue weighted by molar-refractivity contribution is 1.08. The molecule has 0 aromatic heterocycles. The van der Waals surface area contributed by atoms with Gasteiger partial charge in [-0.1, -0.05) is 28.5 Å². The van der Waals surface area contributed by atoms with Crippen molar-refractivity contribution >= 4 is 22.6 Å². The molecular weight excluding hydrogens is 201 g/mol. The zero-order chi connectivity index (χ0) is 5.70. The van der Waals surface area contributed by atoms with Gasteiger partial charge in [0.25, 0.3) is 0 Å². The van der Waals surface area contributed by atoms with Crippen molar-refractivity contribution in [1.29, 1.82) is 0 Å². The van der Waals surface area contributed by atoms with Crippen LogP contribution in [0.2, 0.25) is 0 Å². The number of halogens is 1. The lowest BCUT2D eigenvalue weighted by atomic mass is 10.4. The standard InChI is InChI=1S/C5H8IN/c1-2-3-5(6)4-7/h5H,4,7H2,1H3. The summed E-state index contributed by atoms with van der Waals surface area (Å²) in [6, 6.07) is 0. The topological polar surface area (TPSA) is 26.0 Å². The Bertz CT molecular complexity index is 90.0. The van der Waals surface area contributed by atoms with Gasteiger partial charge < -0.3 is 5.73 Å².